The van der Waals surface area contributed by atoms with E-state index < -0.39 is 5.92 Å². The molecular formula is C21H24N2O4. The van der Waals surface area contributed by atoms with Gasteiger partial charge in [0.25, 0.3) is 0 Å². The minimum Gasteiger partial charge on any atom is -0.497 e. The van der Waals surface area contributed by atoms with Gasteiger partial charge in [0.2, 0.25) is 11.8 Å². The number of ether oxygens (including phenoxy) is 2. The number of methoxy groups -OCH3 is 2. The molecule has 0 aliphatic carbocycles. The molecular weight excluding hydrogens is 344 g/mol. The van der Waals surface area contributed by atoms with Crippen LogP contribution in [0.1, 0.15) is 17.5 Å². The van der Waals surface area contributed by atoms with Crippen LogP contribution in [0.15, 0.2) is 36.4 Å². The van der Waals surface area contributed by atoms with Gasteiger partial charge in [-0.2, -0.15) is 0 Å². The second-order valence-corrected chi connectivity index (χ2v) is 6.73. The predicted molar refractivity (Wildman–Crippen MR) is 105 cm³/mol. The average Bonchev–Trinajstić information content (AvgIpc) is 3.05. The largest absolute Gasteiger partial charge is 0.497 e. The summed E-state index contributed by atoms with van der Waals surface area (Å²) in [6.45, 7) is 4.34. The Labute approximate surface area is 159 Å². The van der Waals surface area contributed by atoms with Crippen LogP contribution < -0.4 is 19.7 Å². The quantitative estimate of drug-likeness (QED) is 0.879. The molecule has 1 aliphatic heterocycles. The van der Waals surface area contributed by atoms with Crippen molar-refractivity contribution in [2.45, 2.75) is 20.3 Å². The molecule has 3 rings (SSSR count). The minimum atomic E-state index is -0.411. The highest BCUT2D eigenvalue weighted by atomic mass is 16.5. The molecule has 0 spiro atoms. The summed E-state index contributed by atoms with van der Waals surface area (Å²) < 4.78 is 10.6. The van der Waals surface area contributed by atoms with E-state index in [2.05, 4.69) is 5.32 Å². The second-order valence-electron chi connectivity index (χ2n) is 6.73. The van der Waals surface area contributed by atoms with Gasteiger partial charge in [-0.05, 0) is 49.2 Å². The Kier molecular flexibility index (Phi) is 5.35. The summed E-state index contributed by atoms with van der Waals surface area (Å²) in [6.07, 6.45) is 0.172. The van der Waals surface area contributed by atoms with E-state index in [4.69, 9.17) is 9.47 Å². The van der Waals surface area contributed by atoms with Crippen LogP contribution in [-0.4, -0.2) is 32.6 Å². The first-order valence-corrected chi connectivity index (χ1v) is 8.83. The van der Waals surface area contributed by atoms with E-state index in [0.717, 1.165) is 11.3 Å². The number of hydrogen-bond donors (Lipinski definition) is 1. The summed E-state index contributed by atoms with van der Waals surface area (Å²) in [4.78, 5) is 26.8. The molecule has 0 aromatic heterocycles. The van der Waals surface area contributed by atoms with Gasteiger partial charge in [-0.3, -0.25) is 9.59 Å². The van der Waals surface area contributed by atoms with Crippen molar-refractivity contribution in [1.29, 1.82) is 0 Å². The highest BCUT2D eigenvalue weighted by Crippen LogP contribution is 2.36. The number of aryl methyl sites for hydroxylation is 2. The Morgan fingerprint density at radius 3 is 2.52 bits per heavy atom. The maximum absolute atomic E-state index is 12.6. The molecule has 2 aromatic rings. The van der Waals surface area contributed by atoms with Crippen LogP contribution in [0.4, 0.5) is 11.4 Å². The lowest BCUT2D eigenvalue weighted by molar-refractivity contribution is -0.122. The molecule has 0 bridgehead atoms. The van der Waals surface area contributed by atoms with Crippen LogP contribution in [0.5, 0.6) is 11.5 Å². The molecule has 2 amide bonds. The maximum atomic E-state index is 12.6. The monoisotopic (exact) mass is 368 g/mol. The van der Waals surface area contributed by atoms with Crippen LogP contribution in [0.3, 0.4) is 0 Å². The van der Waals surface area contributed by atoms with Crippen molar-refractivity contribution in [3.63, 3.8) is 0 Å². The number of hydrogen-bond acceptors (Lipinski definition) is 4. The summed E-state index contributed by atoms with van der Waals surface area (Å²) >= 11 is 0. The lowest BCUT2D eigenvalue weighted by Gasteiger charge is -2.20. The van der Waals surface area contributed by atoms with E-state index in [0.29, 0.717) is 23.7 Å². The number of amides is 2. The Bertz CT molecular complexity index is 878. The van der Waals surface area contributed by atoms with Gasteiger partial charge in [-0.15, -0.1) is 0 Å². The van der Waals surface area contributed by atoms with Crippen molar-refractivity contribution in [1.82, 2.24) is 0 Å². The fraction of sp³-hybridized carbons (Fsp3) is 0.333. The van der Waals surface area contributed by atoms with E-state index in [-0.39, 0.29) is 18.2 Å². The van der Waals surface area contributed by atoms with Crippen LogP contribution in [0.2, 0.25) is 0 Å². The van der Waals surface area contributed by atoms with Crippen molar-refractivity contribution in [3.05, 3.63) is 47.5 Å². The molecule has 1 heterocycles. The fourth-order valence-corrected chi connectivity index (χ4v) is 3.19. The van der Waals surface area contributed by atoms with Gasteiger partial charge in [-0.1, -0.05) is 6.07 Å². The molecule has 0 unspecified atom stereocenters. The van der Waals surface area contributed by atoms with Gasteiger partial charge in [0, 0.05) is 24.7 Å². The third kappa shape index (κ3) is 3.89. The first-order chi connectivity index (χ1) is 12.9. The van der Waals surface area contributed by atoms with Gasteiger partial charge < -0.3 is 19.7 Å². The first-order valence-electron chi connectivity index (χ1n) is 8.83. The Morgan fingerprint density at radius 2 is 1.85 bits per heavy atom. The number of nitrogens with one attached hydrogen (secondary N) is 1. The lowest BCUT2D eigenvalue weighted by Crippen LogP contribution is -2.28. The highest BCUT2D eigenvalue weighted by molar-refractivity contribution is 6.04. The van der Waals surface area contributed by atoms with Crippen LogP contribution in [0, 0.1) is 19.8 Å². The Hall–Kier alpha value is -3.02. The van der Waals surface area contributed by atoms with E-state index >= 15 is 0 Å². The third-order valence-corrected chi connectivity index (χ3v) is 4.95. The molecule has 1 fully saturated rings. The summed E-state index contributed by atoms with van der Waals surface area (Å²) in [5.41, 5.74) is 3.67. The van der Waals surface area contributed by atoms with Crippen molar-refractivity contribution >= 4 is 23.2 Å². The molecule has 142 valence electrons. The zero-order valence-corrected chi connectivity index (χ0v) is 16.0. The molecule has 0 radical (unpaired) electrons. The molecule has 6 heteroatoms. The van der Waals surface area contributed by atoms with Crippen molar-refractivity contribution in [3.8, 4) is 11.5 Å². The third-order valence-electron chi connectivity index (χ3n) is 4.95. The van der Waals surface area contributed by atoms with Crippen molar-refractivity contribution in [2.75, 3.05) is 31.0 Å². The number of carbonyl (C=O) groups excluding carboxylic acids is 2. The van der Waals surface area contributed by atoms with Gasteiger partial charge >= 0.3 is 0 Å². The number of benzene rings is 2. The smallest absolute Gasteiger partial charge is 0.229 e. The number of nitrogens with zero attached hydrogens (tertiary/aromatic N) is 1. The highest BCUT2D eigenvalue weighted by Gasteiger charge is 2.36. The molecule has 27 heavy (non-hydrogen) atoms. The Balaban J connectivity index is 1.75. The zero-order valence-electron chi connectivity index (χ0n) is 16.0. The lowest BCUT2D eigenvalue weighted by atomic mass is 10.1. The molecule has 2 aromatic carbocycles. The number of rotatable bonds is 5. The molecule has 0 saturated carbocycles. The van der Waals surface area contributed by atoms with E-state index in [9.17, 15) is 9.59 Å². The van der Waals surface area contributed by atoms with Gasteiger partial charge in [0.05, 0.1) is 25.8 Å². The summed E-state index contributed by atoms with van der Waals surface area (Å²) in [5.74, 6) is 0.524. The normalized spacial score (nSPS) is 16.4. The van der Waals surface area contributed by atoms with E-state index in [1.807, 2.05) is 32.0 Å². The van der Waals surface area contributed by atoms with E-state index in [1.165, 1.54) is 5.56 Å². The average molecular weight is 368 g/mol. The molecule has 1 aliphatic rings. The fourth-order valence-electron chi connectivity index (χ4n) is 3.19. The zero-order chi connectivity index (χ0) is 19.6. The predicted octanol–water partition coefficient (Wildman–Crippen LogP) is 3.31. The summed E-state index contributed by atoms with van der Waals surface area (Å²) in [5, 5.41) is 2.92. The Morgan fingerprint density at radius 1 is 1.07 bits per heavy atom. The first kappa shape index (κ1) is 18.8. The van der Waals surface area contributed by atoms with E-state index in [1.54, 1.807) is 37.3 Å². The summed E-state index contributed by atoms with van der Waals surface area (Å²) in [7, 11) is 3.12. The molecule has 1 saturated heterocycles. The van der Waals surface area contributed by atoms with Gasteiger partial charge in [0.15, 0.2) is 0 Å². The second kappa shape index (κ2) is 7.70. The van der Waals surface area contributed by atoms with Gasteiger partial charge in [-0.25, -0.2) is 0 Å². The van der Waals surface area contributed by atoms with Crippen molar-refractivity contribution in [2.24, 2.45) is 5.92 Å². The molecule has 1 atom stereocenters. The standard InChI is InChI=1S/C21H24N2O4/c1-13-5-6-16(9-14(13)2)22-21(25)15-10-20(24)23(12-15)18-8-7-17(26-3)11-19(18)27-4/h5-9,11,15H,10,12H2,1-4H3,(H,22,25)/t15-/m0/s1. The minimum absolute atomic E-state index is 0.0984. The summed E-state index contributed by atoms with van der Waals surface area (Å²) in [6, 6.07) is 11.1. The SMILES string of the molecule is COc1ccc(N2C[C@@H](C(=O)Nc3ccc(C)c(C)c3)CC2=O)c(OC)c1. The van der Waals surface area contributed by atoms with Crippen LogP contribution in [0.25, 0.3) is 0 Å². The maximum Gasteiger partial charge on any atom is 0.229 e. The molecule has 6 nitrogen and oxygen atoms in total. The number of anilines is 2. The van der Waals surface area contributed by atoms with Crippen molar-refractivity contribution < 1.29 is 19.1 Å². The van der Waals surface area contributed by atoms with Gasteiger partial charge in [0.1, 0.15) is 11.5 Å². The van der Waals surface area contributed by atoms with Crippen LogP contribution >= 0.6 is 0 Å². The topological polar surface area (TPSA) is 67.9 Å². The number of carbonyl (C=O) groups is 2. The van der Waals surface area contributed by atoms with Crippen LogP contribution in [-0.2, 0) is 9.59 Å². The molecule has 1 N–H and O–H groups in total.